The molecule has 0 bridgehead atoms. The number of nitrogens with zero attached hydrogens (tertiary/aromatic N) is 3. The number of benzene rings is 2. The van der Waals surface area contributed by atoms with E-state index >= 15 is 0 Å². The summed E-state index contributed by atoms with van der Waals surface area (Å²) in [6.45, 7) is 1.67. The molecular weight excluding hydrogens is 469 g/mol. The number of aliphatic imine (C=N–C) groups is 1. The molecule has 0 radical (unpaired) electrons. The van der Waals surface area contributed by atoms with Gasteiger partial charge in [0, 0.05) is 20.6 Å². The van der Waals surface area contributed by atoms with Crippen molar-refractivity contribution in [3.63, 3.8) is 0 Å². The molecular formula is C20H24IN5O2. The monoisotopic (exact) mass is 493 g/mol. The Kier molecular flexibility index (Phi) is 6.61. The molecule has 4 rings (SSSR count). The van der Waals surface area contributed by atoms with Crippen molar-refractivity contribution in [3.05, 3.63) is 53.9 Å². The van der Waals surface area contributed by atoms with E-state index in [1.54, 1.807) is 7.05 Å². The Hall–Kier alpha value is -2.49. The number of fused-ring (bicyclic) bond motifs is 2. The number of ether oxygens (including phenoxy) is 2. The molecule has 0 unspecified atom stereocenters. The van der Waals surface area contributed by atoms with Crippen molar-refractivity contribution in [2.45, 2.75) is 13.0 Å². The Bertz CT molecular complexity index is 986. The summed E-state index contributed by atoms with van der Waals surface area (Å²) >= 11 is 0. The number of aryl methyl sites for hydroxylation is 1. The quantitative estimate of drug-likeness (QED) is 0.325. The summed E-state index contributed by atoms with van der Waals surface area (Å²) in [5, 5.41) is 6.67. The van der Waals surface area contributed by atoms with Crippen LogP contribution in [0.1, 0.15) is 11.4 Å². The number of imidazole rings is 1. The van der Waals surface area contributed by atoms with Crippen LogP contribution >= 0.6 is 24.0 Å². The van der Waals surface area contributed by atoms with Crippen molar-refractivity contribution < 1.29 is 9.47 Å². The minimum absolute atomic E-state index is 0. The summed E-state index contributed by atoms with van der Waals surface area (Å²) < 4.78 is 12.9. The molecule has 7 nitrogen and oxygen atoms in total. The van der Waals surface area contributed by atoms with Gasteiger partial charge in [0.05, 0.1) is 17.6 Å². The lowest BCUT2D eigenvalue weighted by atomic mass is 10.1. The SMILES string of the molecule is CN=C(NCCc1ccc2c(c1)OCO2)NCc1nc2ccccc2n1C.I. The zero-order valence-electron chi connectivity index (χ0n) is 15.9. The van der Waals surface area contributed by atoms with Crippen LogP contribution in [0.25, 0.3) is 11.0 Å². The van der Waals surface area contributed by atoms with E-state index in [2.05, 4.69) is 37.3 Å². The first-order valence-corrected chi connectivity index (χ1v) is 8.98. The molecule has 0 amide bonds. The van der Waals surface area contributed by atoms with Gasteiger partial charge in [-0.1, -0.05) is 18.2 Å². The van der Waals surface area contributed by atoms with E-state index in [-0.39, 0.29) is 24.0 Å². The van der Waals surface area contributed by atoms with Gasteiger partial charge in [0.15, 0.2) is 17.5 Å². The third kappa shape index (κ3) is 4.32. The molecule has 2 heterocycles. The summed E-state index contributed by atoms with van der Waals surface area (Å²) in [5.74, 6) is 3.35. The second-order valence-electron chi connectivity index (χ2n) is 6.37. The lowest BCUT2D eigenvalue weighted by Gasteiger charge is -2.12. The Balaban J connectivity index is 0.00000225. The van der Waals surface area contributed by atoms with E-state index in [1.807, 2.05) is 37.4 Å². The molecule has 28 heavy (non-hydrogen) atoms. The highest BCUT2D eigenvalue weighted by molar-refractivity contribution is 14.0. The summed E-state index contributed by atoms with van der Waals surface area (Å²) in [6, 6.07) is 14.2. The number of nitrogens with one attached hydrogen (secondary N) is 2. The van der Waals surface area contributed by atoms with Gasteiger partial charge < -0.3 is 24.7 Å². The van der Waals surface area contributed by atoms with Gasteiger partial charge in [-0.3, -0.25) is 4.99 Å². The maximum atomic E-state index is 5.42. The van der Waals surface area contributed by atoms with Gasteiger partial charge in [0.2, 0.25) is 6.79 Å². The maximum absolute atomic E-state index is 5.42. The number of hydrogen-bond acceptors (Lipinski definition) is 4. The second kappa shape index (κ2) is 9.13. The van der Waals surface area contributed by atoms with Crippen molar-refractivity contribution in [1.29, 1.82) is 0 Å². The minimum Gasteiger partial charge on any atom is -0.454 e. The molecule has 148 valence electrons. The number of para-hydroxylation sites is 2. The summed E-state index contributed by atoms with van der Waals surface area (Å²) in [4.78, 5) is 8.96. The van der Waals surface area contributed by atoms with Crippen LogP contribution in [-0.4, -0.2) is 35.9 Å². The zero-order valence-corrected chi connectivity index (χ0v) is 18.3. The first-order chi connectivity index (χ1) is 13.2. The Morgan fingerprint density at radius 1 is 1.14 bits per heavy atom. The predicted octanol–water partition coefficient (Wildman–Crippen LogP) is 2.83. The third-order valence-corrected chi connectivity index (χ3v) is 4.66. The Morgan fingerprint density at radius 2 is 1.96 bits per heavy atom. The Morgan fingerprint density at radius 3 is 2.79 bits per heavy atom. The average Bonchev–Trinajstić information content (AvgIpc) is 3.29. The van der Waals surface area contributed by atoms with E-state index in [4.69, 9.17) is 9.47 Å². The topological polar surface area (TPSA) is 72.7 Å². The molecule has 1 aliphatic heterocycles. The van der Waals surface area contributed by atoms with E-state index in [1.165, 1.54) is 5.56 Å². The third-order valence-electron chi connectivity index (χ3n) is 4.66. The van der Waals surface area contributed by atoms with Crippen LogP contribution in [0.5, 0.6) is 11.5 Å². The molecule has 0 fully saturated rings. The fourth-order valence-electron chi connectivity index (χ4n) is 3.16. The molecule has 0 spiro atoms. The van der Waals surface area contributed by atoms with Gasteiger partial charge in [-0.15, -0.1) is 24.0 Å². The van der Waals surface area contributed by atoms with Crippen molar-refractivity contribution >= 4 is 41.0 Å². The van der Waals surface area contributed by atoms with Crippen LogP contribution in [0.3, 0.4) is 0 Å². The van der Waals surface area contributed by atoms with Gasteiger partial charge >= 0.3 is 0 Å². The van der Waals surface area contributed by atoms with Crippen molar-refractivity contribution in [1.82, 2.24) is 20.2 Å². The largest absolute Gasteiger partial charge is 0.454 e. The fraction of sp³-hybridized carbons (Fsp3) is 0.300. The van der Waals surface area contributed by atoms with E-state index in [9.17, 15) is 0 Å². The van der Waals surface area contributed by atoms with Crippen LogP contribution in [0.15, 0.2) is 47.5 Å². The van der Waals surface area contributed by atoms with E-state index in [0.717, 1.165) is 47.3 Å². The first kappa shape index (κ1) is 20.2. The van der Waals surface area contributed by atoms with Crippen molar-refractivity contribution in [2.24, 2.45) is 12.0 Å². The second-order valence-corrected chi connectivity index (χ2v) is 6.37. The maximum Gasteiger partial charge on any atom is 0.231 e. The highest BCUT2D eigenvalue weighted by Gasteiger charge is 2.13. The smallest absolute Gasteiger partial charge is 0.231 e. The Labute approximate surface area is 181 Å². The molecule has 0 aliphatic carbocycles. The first-order valence-electron chi connectivity index (χ1n) is 8.98. The van der Waals surface area contributed by atoms with E-state index in [0.29, 0.717) is 13.3 Å². The molecule has 1 aliphatic rings. The molecule has 0 saturated carbocycles. The lowest BCUT2D eigenvalue weighted by Crippen LogP contribution is -2.38. The van der Waals surface area contributed by atoms with Gasteiger partial charge in [-0.25, -0.2) is 4.98 Å². The summed E-state index contributed by atoms with van der Waals surface area (Å²) in [6.07, 6.45) is 0.865. The van der Waals surface area contributed by atoms with Crippen LogP contribution in [0.2, 0.25) is 0 Å². The molecule has 2 N–H and O–H groups in total. The van der Waals surface area contributed by atoms with Crippen molar-refractivity contribution in [2.75, 3.05) is 20.4 Å². The molecule has 1 aromatic heterocycles. The van der Waals surface area contributed by atoms with Crippen molar-refractivity contribution in [3.8, 4) is 11.5 Å². The van der Waals surface area contributed by atoms with Crippen LogP contribution < -0.4 is 20.1 Å². The van der Waals surface area contributed by atoms with Gasteiger partial charge in [0.1, 0.15) is 5.82 Å². The van der Waals surface area contributed by atoms with E-state index < -0.39 is 0 Å². The standard InChI is InChI=1S/C20H23N5O2.HI/c1-21-20(22-10-9-14-7-8-17-18(11-14)27-13-26-17)23-12-19-24-15-5-3-4-6-16(15)25(19)2;/h3-8,11H,9-10,12-13H2,1-2H3,(H2,21,22,23);1H. The van der Waals surface area contributed by atoms with Crippen LogP contribution in [0.4, 0.5) is 0 Å². The van der Waals surface area contributed by atoms with Crippen LogP contribution in [0, 0.1) is 0 Å². The number of guanidine groups is 1. The van der Waals surface area contributed by atoms with Gasteiger partial charge in [0.25, 0.3) is 0 Å². The van der Waals surface area contributed by atoms with Gasteiger partial charge in [-0.05, 0) is 36.2 Å². The predicted molar refractivity (Wildman–Crippen MR) is 121 cm³/mol. The average molecular weight is 493 g/mol. The normalized spacial score (nSPS) is 12.7. The zero-order chi connectivity index (χ0) is 18.6. The minimum atomic E-state index is 0. The van der Waals surface area contributed by atoms with Crippen LogP contribution in [-0.2, 0) is 20.0 Å². The summed E-state index contributed by atoms with van der Waals surface area (Å²) in [7, 11) is 3.80. The molecule has 8 heteroatoms. The molecule has 2 aromatic carbocycles. The highest BCUT2D eigenvalue weighted by Crippen LogP contribution is 2.32. The number of hydrogen-bond donors (Lipinski definition) is 2. The van der Waals surface area contributed by atoms with Gasteiger partial charge in [-0.2, -0.15) is 0 Å². The molecule has 0 saturated heterocycles. The number of halogens is 1. The number of rotatable bonds is 5. The number of aromatic nitrogens is 2. The molecule has 3 aromatic rings. The lowest BCUT2D eigenvalue weighted by molar-refractivity contribution is 0.174. The fourth-order valence-corrected chi connectivity index (χ4v) is 3.16. The molecule has 0 atom stereocenters. The summed E-state index contributed by atoms with van der Waals surface area (Å²) in [5.41, 5.74) is 3.32. The highest BCUT2D eigenvalue weighted by atomic mass is 127.